The van der Waals surface area contributed by atoms with Gasteiger partial charge in [0.15, 0.2) is 0 Å². The first-order valence-electron chi connectivity index (χ1n) is 9.94. The Morgan fingerprint density at radius 2 is 1.62 bits per heavy atom. The number of carbonyl (C=O) groups is 1. The molecule has 0 saturated carbocycles. The number of anilines is 1. The number of aryl methyl sites for hydroxylation is 3. The standard InChI is InChI=1S/C26H22Br2N2O2/c1-16-5-8-19(9-6-16)15-32-25-22(27)12-20(13-23(25)28)11-21(14-29)26(31)30-24-10-17(2)4-7-18(24)3/h4-13H,15H2,1-3H3,(H,30,31)/b21-11+. The molecule has 0 radical (unpaired) electrons. The summed E-state index contributed by atoms with van der Waals surface area (Å²) in [6.07, 6.45) is 1.56. The van der Waals surface area contributed by atoms with Gasteiger partial charge in [-0.05, 0) is 99.2 Å². The number of benzene rings is 3. The molecule has 0 aromatic heterocycles. The zero-order chi connectivity index (χ0) is 23.3. The van der Waals surface area contributed by atoms with Crippen LogP contribution in [0.5, 0.6) is 5.75 Å². The highest BCUT2D eigenvalue weighted by atomic mass is 79.9. The van der Waals surface area contributed by atoms with E-state index in [9.17, 15) is 10.1 Å². The van der Waals surface area contributed by atoms with Gasteiger partial charge in [0.05, 0.1) is 8.95 Å². The van der Waals surface area contributed by atoms with E-state index in [1.807, 2.05) is 81.4 Å². The molecule has 6 heteroatoms. The summed E-state index contributed by atoms with van der Waals surface area (Å²) in [4.78, 5) is 12.7. The lowest BCUT2D eigenvalue weighted by atomic mass is 10.1. The van der Waals surface area contributed by atoms with Gasteiger partial charge >= 0.3 is 0 Å². The molecular weight excluding hydrogens is 532 g/mol. The van der Waals surface area contributed by atoms with Gasteiger partial charge in [-0.1, -0.05) is 42.0 Å². The second kappa shape index (κ2) is 10.6. The lowest BCUT2D eigenvalue weighted by Crippen LogP contribution is -2.14. The number of rotatable bonds is 6. The number of ether oxygens (including phenoxy) is 1. The Bertz CT molecular complexity index is 1200. The van der Waals surface area contributed by atoms with Gasteiger partial charge in [0, 0.05) is 5.69 Å². The van der Waals surface area contributed by atoms with Crippen LogP contribution < -0.4 is 10.1 Å². The molecule has 0 aliphatic carbocycles. The third-order valence-corrected chi connectivity index (χ3v) is 6.02. The first kappa shape index (κ1) is 23.8. The number of nitrogens with one attached hydrogen (secondary N) is 1. The average molecular weight is 554 g/mol. The monoisotopic (exact) mass is 552 g/mol. The van der Waals surface area contributed by atoms with Crippen LogP contribution >= 0.6 is 31.9 Å². The van der Waals surface area contributed by atoms with Crippen molar-refractivity contribution in [3.8, 4) is 11.8 Å². The van der Waals surface area contributed by atoms with Crippen molar-refractivity contribution < 1.29 is 9.53 Å². The van der Waals surface area contributed by atoms with Crippen LogP contribution in [0.3, 0.4) is 0 Å². The molecule has 1 amide bonds. The van der Waals surface area contributed by atoms with E-state index in [0.717, 1.165) is 25.6 Å². The molecule has 0 aliphatic rings. The van der Waals surface area contributed by atoms with Crippen LogP contribution in [0.2, 0.25) is 0 Å². The van der Waals surface area contributed by atoms with Crippen molar-refractivity contribution in [2.75, 3.05) is 5.32 Å². The summed E-state index contributed by atoms with van der Waals surface area (Å²) in [5.74, 6) is 0.203. The summed E-state index contributed by atoms with van der Waals surface area (Å²) < 4.78 is 7.41. The molecule has 32 heavy (non-hydrogen) atoms. The Hall–Kier alpha value is -2.88. The molecule has 4 nitrogen and oxygen atoms in total. The van der Waals surface area contributed by atoms with Crippen LogP contribution in [0.1, 0.15) is 27.8 Å². The van der Waals surface area contributed by atoms with Crippen LogP contribution in [-0.4, -0.2) is 5.91 Å². The summed E-state index contributed by atoms with van der Waals surface area (Å²) in [5.41, 5.74) is 5.62. The molecule has 0 atom stereocenters. The van der Waals surface area contributed by atoms with Crippen LogP contribution in [-0.2, 0) is 11.4 Å². The van der Waals surface area contributed by atoms with Crippen LogP contribution in [0, 0.1) is 32.1 Å². The van der Waals surface area contributed by atoms with E-state index in [2.05, 4.69) is 37.2 Å². The fourth-order valence-electron chi connectivity index (χ4n) is 3.02. The molecule has 0 heterocycles. The molecule has 0 unspecified atom stereocenters. The molecular formula is C26H22Br2N2O2. The van der Waals surface area contributed by atoms with Gasteiger partial charge in [-0.3, -0.25) is 4.79 Å². The highest BCUT2D eigenvalue weighted by Crippen LogP contribution is 2.36. The summed E-state index contributed by atoms with van der Waals surface area (Å²) in [6, 6.07) is 19.6. The second-order valence-corrected chi connectivity index (χ2v) is 9.24. The number of hydrogen-bond acceptors (Lipinski definition) is 3. The van der Waals surface area contributed by atoms with Crippen molar-refractivity contribution in [3.05, 3.63) is 96.9 Å². The largest absolute Gasteiger partial charge is 0.487 e. The summed E-state index contributed by atoms with van der Waals surface area (Å²) in [6.45, 7) is 6.33. The number of carbonyl (C=O) groups excluding carboxylic acids is 1. The number of halogens is 2. The maximum Gasteiger partial charge on any atom is 0.266 e. The molecule has 162 valence electrons. The first-order chi connectivity index (χ1) is 15.3. The number of nitrogens with zero attached hydrogens (tertiary/aromatic N) is 1. The fraction of sp³-hybridized carbons (Fsp3) is 0.154. The van der Waals surface area contributed by atoms with Crippen molar-refractivity contribution in [3.63, 3.8) is 0 Å². The van der Waals surface area contributed by atoms with E-state index < -0.39 is 5.91 Å². The Balaban J connectivity index is 1.78. The summed E-state index contributed by atoms with van der Waals surface area (Å²) in [7, 11) is 0. The topological polar surface area (TPSA) is 62.1 Å². The fourth-order valence-corrected chi connectivity index (χ4v) is 4.47. The molecule has 0 bridgehead atoms. The van der Waals surface area contributed by atoms with Crippen molar-refractivity contribution in [1.29, 1.82) is 5.26 Å². The quantitative estimate of drug-likeness (QED) is 0.258. The molecule has 1 N–H and O–H groups in total. The predicted octanol–water partition coefficient (Wildman–Crippen LogP) is 7.26. The maximum absolute atomic E-state index is 12.7. The minimum atomic E-state index is -0.451. The summed E-state index contributed by atoms with van der Waals surface area (Å²) in [5, 5.41) is 12.4. The van der Waals surface area contributed by atoms with Crippen LogP contribution in [0.25, 0.3) is 6.08 Å². The van der Waals surface area contributed by atoms with Crippen LogP contribution in [0.15, 0.2) is 69.1 Å². The van der Waals surface area contributed by atoms with E-state index in [1.165, 1.54) is 5.56 Å². The number of hydrogen-bond donors (Lipinski definition) is 1. The van der Waals surface area contributed by atoms with E-state index in [4.69, 9.17) is 4.74 Å². The van der Waals surface area contributed by atoms with Gasteiger partial charge in [-0.25, -0.2) is 0 Å². The summed E-state index contributed by atoms with van der Waals surface area (Å²) >= 11 is 7.07. The van der Waals surface area contributed by atoms with Crippen LogP contribution in [0.4, 0.5) is 5.69 Å². The molecule has 0 fully saturated rings. The van der Waals surface area contributed by atoms with E-state index in [0.29, 0.717) is 23.6 Å². The lowest BCUT2D eigenvalue weighted by molar-refractivity contribution is -0.112. The van der Waals surface area contributed by atoms with Gasteiger partial charge < -0.3 is 10.1 Å². The Labute approximate surface area is 205 Å². The minimum absolute atomic E-state index is 0.0121. The maximum atomic E-state index is 12.7. The lowest BCUT2D eigenvalue weighted by Gasteiger charge is -2.12. The van der Waals surface area contributed by atoms with Gasteiger partial charge in [-0.2, -0.15) is 5.26 Å². The first-order valence-corrected chi connectivity index (χ1v) is 11.5. The highest BCUT2D eigenvalue weighted by molar-refractivity contribution is 9.11. The Morgan fingerprint density at radius 1 is 1.00 bits per heavy atom. The third-order valence-electron chi connectivity index (χ3n) is 4.84. The normalized spacial score (nSPS) is 11.1. The van der Waals surface area contributed by atoms with E-state index in [-0.39, 0.29) is 5.57 Å². The average Bonchev–Trinajstić information content (AvgIpc) is 2.75. The van der Waals surface area contributed by atoms with Crippen molar-refractivity contribution >= 4 is 49.5 Å². The second-order valence-electron chi connectivity index (χ2n) is 7.53. The van der Waals surface area contributed by atoms with Gasteiger partial charge in [0.2, 0.25) is 0 Å². The molecule has 3 aromatic rings. The van der Waals surface area contributed by atoms with Gasteiger partial charge in [0.25, 0.3) is 5.91 Å². The molecule has 0 saturated heterocycles. The minimum Gasteiger partial charge on any atom is -0.487 e. The van der Waals surface area contributed by atoms with Crippen molar-refractivity contribution in [2.45, 2.75) is 27.4 Å². The molecule has 3 aromatic carbocycles. The number of amides is 1. The van der Waals surface area contributed by atoms with Crippen molar-refractivity contribution in [1.82, 2.24) is 0 Å². The molecule has 0 aliphatic heterocycles. The van der Waals surface area contributed by atoms with Gasteiger partial charge in [-0.15, -0.1) is 0 Å². The molecule has 3 rings (SSSR count). The van der Waals surface area contributed by atoms with E-state index in [1.54, 1.807) is 6.08 Å². The smallest absolute Gasteiger partial charge is 0.266 e. The Morgan fingerprint density at radius 3 is 2.25 bits per heavy atom. The number of nitriles is 1. The molecule has 0 spiro atoms. The third kappa shape index (κ3) is 6.09. The zero-order valence-electron chi connectivity index (χ0n) is 18.0. The zero-order valence-corrected chi connectivity index (χ0v) is 21.2. The highest BCUT2D eigenvalue weighted by Gasteiger charge is 2.14. The van der Waals surface area contributed by atoms with Gasteiger partial charge in [0.1, 0.15) is 24.0 Å². The van der Waals surface area contributed by atoms with Crippen molar-refractivity contribution in [2.24, 2.45) is 0 Å². The SMILES string of the molecule is Cc1ccc(COc2c(Br)cc(/C=C(\C#N)C(=O)Nc3cc(C)ccc3C)cc2Br)cc1. The Kier molecular flexibility index (Phi) is 7.89. The predicted molar refractivity (Wildman–Crippen MR) is 135 cm³/mol. The van der Waals surface area contributed by atoms with E-state index >= 15 is 0 Å².